The largest absolute Gasteiger partial charge is 0.411 e. The highest BCUT2D eigenvalue weighted by molar-refractivity contribution is 5.89. The molecule has 1 aromatic heterocycles. The number of halogens is 3. The van der Waals surface area contributed by atoms with Gasteiger partial charge in [0.25, 0.3) is 5.91 Å². The van der Waals surface area contributed by atoms with Gasteiger partial charge >= 0.3 is 6.18 Å². The van der Waals surface area contributed by atoms with Gasteiger partial charge in [-0.2, -0.15) is 18.2 Å². The minimum Gasteiger partial charge on any atom is -0.363 e. The maximum atomic E-state index is 12.6. The van der Waals surface area contributed by atoms with E-state index < -0.39 is 23.9 Å². The molecule has 0 aliphatic carbocycles. The molecular weight excluding hydrogens is 227 g/mol. The van der Waals surface area contributed by atoms with Crippen molar-refractivity contribution >= 4 is 11.9 Å². The van der Waals surface area contributed by atoms with E-state index in [4.69, 9.17) is 5.73 Å². The minimum absolute atomic E-state index is 0.0811. The molecule has 0 radical (unpaired) electrons. The number of rotatable bonds is 1. The number of fused-ring (bicyclic) bond motifs is 1. The van der Waals surface area contributed by atoms with Crippen LogP contribution in [0.2, 0.25) is 0 Å². The summed E-state index contributed by atoms with van der Waals surface area (Å²) >= 11 is 0. The fourth-order valence-corrected chi connectivity index (χ4v) is 1.51. The van der Waals surface area contributed by atoms with Crippen molar-refractivity contribution in [2.24, 2.45) is 5.73 Å². The molecule has 6 nitrogen and oxygen atoms in total. The van der Waals surface area contributed by atoms with Crippen molar-refractivity contribution in [3.63, 3.8) is 0 Å². The van der Waals surface area contributed by atoms with E-state index in [0.717, 1.165) is 0 Å². The lowest BCUT2D eigenvalue weighted by Crippen LogP contribution is -2.34. The highest BCUT2D eigenvalue weighted by atomic mass is 19.4. The van der Waals surface area contributed by atoms with Crippen LogP contribution in [0.3, 0.4) is 0 Å². The zero-order chi connectivity index (χ0) is 11.9. The Hall–Kier alpha value is -1.80. The quantitative estimate of drug-likeness (QED) is 0.732. The summed E-state index contributed by atoms with van der Waals surface area (Å²) < 4.78 is 38.4. The lowest BCUT2D eigenvalue weighted by Gasteiger charge is -2.25. The molecule has 1 aliphatic heterocycles. The van der Waals surface area contributed by atoms with Crippen molar-refractivity contribution < 1.29 is 18.0 Å². The molecule has 0 saturated carbocycles. The maximum Gasteiger partial charge on any atom is 0.411 e. The Morgan fingerprint density at radius 3 is 2.81 bits per heavy atom. The van der Waals surface area contributed by atoms with Gasteiger partial charge < -0.3 is 11.1 Å². The molecule has 2 heterocycles. The summed E-state index contributed by atoms with van der Waals surface area (Å²) in [4.78, 5) is 14.3. The SMILES string of the molecule is NC(=O)c1nc2n(n1)C(C(F)(F)F)CCN2. The normalized spacial score (nSPS) is 20.1. The number of hydrogen-bond donors (Lipinski definition) is 2. The molecular formula is C7H8F3N5O. The second-order valence-corrected chi connectivity index (χ2v) is 3.34. The molecule has 0 spiro atoms. The number of nitrogens with two attached hydrogens (primary N) is 1. The topological polar surface area (TPSA) is 85.8 Å². The molecule has 0 saturated heterocycles. The van der Waals surface area contributed by atoms with Gasteiger partial charge in [-0.05, 0) is 6.42 Å². The van der Waals surface area contributed by atoms with E-state index >= 15 is 0 Å². The van der Waals surface area contributed by atoms with Crippen LogP contribution < -0.4 is 11.1 Å². The smallest absolute Gasteiger partial charge is 0.363 e. The molecule has 1 aromatic rings. The molecule has 1 amide bonds. The Morgan fingerprint density at radius 2 is 2.25 bits per heavy atom. The van der Waals surface area contributed by atoms with Gasteiger partial charge in [-0.15, -0.1) is 5.10 Å². The van der Waals surface area contributed by atoms with Gasteiger partial charge in [-0.25, -0.2) is 4.68 Å². The van der Waals surface area contributed by atoms with Crippen LogP contribution in [0.4, 0.5) is 19.1 Å². The first-order valence-electron chi connectivity index (χ1n) is 4.46. The Labute approximate surface area is 87.6 Å². The minimum atomic E-state index is -4.42. The van der Waals surface area contributed by atoms with Crippen LogP contribution in [0.1, 0.15) is 23.1 Å². The average Bonchev–Trinajstić information content (AvgIpc) is 2.58. The van der Waals surface area contributed by atoms with Crippen LogP contribution in [-0.4, -0.2) is 33.4 Å². The van der Waals surface area contributed by atoms with Crippen molar-refractivity contribution in [1.82, 2.24) is 14.8 Å². The Balaban J connectivity index is 2.42. The van der Waals surface area contributed by atoms with Gasteiger partial charge in [0.05, 0.1) is 0 Å². The van der Waals surface area contributed by atoms with Crippen LogP contribution in [0, 0.1) is 0 Å². The molecule has 16 heavy (non-hydrogen) atoms. The van der Waals surface area contributed by atoms with Gasteiger partial charge in [0.2, 0.25) is 11.8 Å². The molecule has 9 heteroatoms. The van der Waals surface area contributed by atoms with E-state index in [1.54, 1.807) is 0 Å². The number of hydrogen-bond acceptors (Lipinski definition) is 4. The number of carbonyl (C=O) groups excluding carboxylic acids is 1. The van der Waals surface area contributed by atoms with E-state index in [1.165, 1.54) is 0 Å². The first-order valence-corrected chi connectivity index (χ1v) is 4.46. The maximum absolute atomic E-state index is 12.6. The van der Waals surface area contributed by atoms with E-state index in [0.29, 0.717) is 4.68 Å². The number of primary amides is 1. The highest BCUT2D eigenvalue weighted by Gasteiger charge is 2.44. The number of carbonyl (C=O) groups is 1. The zero-order valence-corrected chi connectivity index (χ0v) is 7.95. The van der Waals surface area contributed by atoms with E-state index in [-0.39, 0.29) is 18.9 Å². The van der Waals surface area contributed by atoms with Crippen molar-refractivity contribution in [2.75, 3.05) is 11.9 Å². The molecule has 3 N–H and O–H groups in total. The van der Waals surface area contributed by atoms with Crippen molar-refractivity contribution in [1.29, 1.82) is 0 Å². The number of nitrogens with one attached hydrogen (secondary N) is 1. The van der Waals surface area contributed by atoms with Gasteiger partial charge in [0, 0.05) is 6.54 Å². The Morgan fingerprint density at radius 1 is 1.56 bits per heavy atom. The predicted molar refractivity (Wildman–Crippen MR) is 46.7 cm³/mol. The molecule has 1 atom stereocenters. The first kappa shape index (κ1) is 10.7. The summed E-state index contributed by atoms with van der Waals surface area (Å²) in [5, 5.41) is 6.07. The van der Waals surface area contributed by atoms with Gasteiger partial charge in [0.1, 0.15) is 0 Å². The second kappa shape index (κ2) is 3.35. The third-order valence-corrected chi connectivity index (χ3v) is 2.23. The van der Waals surface area contributed by atoms with E-state index in [1.807, 2.05) is 0 Å². The lowest BCUT2D eigenvalue weighted by molar-refractivity contribution is -0.171. The number of alkyl halides is 3. The van der Waals surface area contributed by atoms with Crippen LogP contribution in [0.15, 0.2) is 0 Å². The number of anilines is 1. The lowest BCUT2D eigenvalue weighted by atomic mass is 10.2. The van der Waals surface area contributed by atoms with Crippen molar-refractivity contribution in [3.8, 4) is 0 Å². The number of amides is 1. The van der Waals surface area contributed by atoms with Crippen molar-refractivity contribution in [2.45, 2.75) is 18.6 Å². The third kappa shape index (κ3) is 1.68. The molecule has 0 bridgehead atoms. The molecule has 2 rings (SSSR count). The monoisotopic (exact) mass is 235 g/mol. The van der Waals surface area contributed by atoms with E-state index in [9.17, 15) is 18.0 Å². The van der Waals surface area contributed by atoms with Crippen LogP contribution in [0.25, 0.3) is 0 Å². The molecule has 1 aliphatic rings. The molecule has 0 aromatic carbocycles. The van der Waals surface area contributed by atoms with Crippen LogP contribution in [-0.2, 0) is 0 Å². The summed E-state index contributed by atoms with van der Waals surface area (Å²) in [5.41, 5.74) is 4.89. The average molecular weight is 235 g/mol. The van der Waals surface area contributed by atoms with Crippen LogP contribution in [0.5, 0.6) is 0 Å². The molecule has 0 fully saturated rings. The first-order chi connectivity index (χ1) is 7.39. The fraction of sp³-hybridized carbons (Fsp3) is 0.571. The summed E-state index contributed by atoms with van der Waals surface area (Å²) in [6.45, 7) is 0.126. The highest BCUT2D eigenvalue weighted by Crippen LogP contribution is 2.36. The summed E-state index contributed by atoms with van der Waals surface area (Å²) in [6.07, 6.45) is -4.57. The fourth-order valence-electron chi connectivity index (χ4n) is 1.51. The number of nitrogens with zero attached hydrogens (tertiary/aromatic N) is 3. The summed E-state index contributed by atoms with van der Waals surface area (Å²) in [7, 11) is 0. The standard InChI is InChI=1S/C7H8F3N5O/c8-7(9,10)3-1-2-12-6-13-5(4(11)16)14-15(3)6/h3H,1-2H2,(H2,11,16)(H,12,13,14). The third-order valence-electron chi connectivity index (χ3n) is 2.23. The predicted octanol–water partition coefficient (Wildman–Crippen LogP) is 0.296. The molecule has 1 unspecified atom stereocenters. The second-order valence-electron chi connectivity index (χ2n) is 3.34. The van der Waals surface area contributed by atoms with E-state index in [2.05, 4.69) is 15.4 Å². The Kier molecular flexibility index (Phi) is 2.25. The summed E-state index contributed by atoms with van der Waals surface area (Å²) in [6, 6.07) is -1.76. The van der Waals surface area contributed by atoms with Crippen molar-refractivity contribution in [3.05, 3.63) is 5.82 Å². The van der Waals surface area contributed by atoms with Gasteiger partial charge in [-0.1, -0.05) is 0 Å². The van der Waals surface area contributed by atoms with Gasteiger partial charge in [-0.3, -0.25) is 4.79 Å². The van der Waals surface area contributed by atoms with Gasteiger partial charge in [0.15, 0.2) is 6.04 Å². The Bertz CT molecular complexity index is 426. The molecule has 88 valence electrons. The zero-order valence-electron chi connectivity index (χ0n) is 7.95. The number of aromatic nitrogens is 3. The van der Waals surface area contributed by atoms with Crippen LogP contribution >= 0.6 is 0 Å². The summed E-state index contributed by atoms with van der Waals surface area (Å²) in [5.74, 6) is -1.45.